The molecular formula is C11H20N2. The molecule has 0 unspecified atom stereocenters. The van der Waals surface area contributed by atoms with Crippen molar-refractivity contribution in [3.8, 4) is 0 Å². The van der Waals surface area contributed by atoms with Crippen LogP contribution in [0.4, 0.5) is 0 Å². The number of hydrogen-bond donors (Lipinski definition) is 0. The lowest BCUT2D eigenvalue weighted by Crippen LogP contribution is -2.41. The fourth-order valence-electron chi connectivity index (χ4n) is 1.33. The first kappa shape index (κ1) is 10.3. The van der Waals surface area contributed by atoms with Gasteiger partial charge in [-0.2, -0.15) is 0 Å². The molecule has 0 amide bonds. The predicted octanol–water partition coefficient (Wildman–Crippen LogP) is 1.71. The van der Waals surface area contributed by atoms with Crippen LogP contribution in [0.25, 0.3) is 0 Å². The molecule has 0 bridgehead atoms. The first-order chi connectivity index (χ1) is 6.18. The number of allylic oxidation sites excluding steroid dienone is 3. The monoisotopic (exact) mass is 180 g/mol. The van der Waals surface area contributed by atoms with Crippen molar-refractivity contribution in [3.05, 3.63) is 23.9 Å². The molecule has 1 aliphatic rings. The summed E-state index contributed by atoms with van der Waals surface area (Å²) in [5, 5.41) is 0. The van der Waals surface area contributed by atoms with Gasteiger partial charge in [-0.05, 0) is 33.2 Å². The van der Waals surface area contributed by atoms with E-state index in [2.05, 4.69) is 49.0 Å². The second-order valence-electron chi connectivity index (χ2n) is 3.92. The maximum atomic E-state index is 2.37. The van der Waals surface area contributed by atoms with Gasteiger partial charge in [-0.3, -0.25) is 0 Å². The van der Waals surface area contributed by atoms with Crippen LogP contribution >= 0.6 is 0 Å². The number of rotatable bonds is 2. The molecule has 0 atom stereocenters. The Morgan fingerprint density at radius 3 is 2.23 bits per heavy atom. The zero-order valence-electron chi connectivity index (χ0n) is 8.95. The molecular weight excluding hydrogens is 160 g/mol. The third-order valence-corrected chi connectivity index (χ3v) is 2.26. The van der Waals surface area contributed by atoms with E-state index in [9.17, 15) is 0 Å². The van der Waals surface area contributed by atoms with Crippen molar-refractivity contribution in [2.24, 2.45) is 0 Å². The highest BCUT2D eigenvalue weighted by Gasteiger charge is 2.08. The summed E-state index contributed by atoms with van der Waals surface area (Å²) in [5.74, 6) is 0. The molecule has 0 aromatic rings. The van der Waals surface area contributed by atoms with Crippen LogP contribution < -0.4 is 0 Å². The highest BCUT2D eigenvalue weighted by Crippen LogP contribution is 2.00. The van der Waals surface area contributed by atoms with Gasteiger partial charge in [-0.15, -0.1) is 0 Å². The Morgan fingerprint density at radius 1 is 1.08 bits per heavy atom. The van der Waals surface area contributed by atoms with Gasteiger partial charge in [0.1, 0.15) is 0 Å². The molecule has 1 fully saturated rings. The summed E-state index contributed by atoms with van der Waals surface area (Å²) in [5.41, 5.74) is 1.35. The van der Waals surface area contributed by atoms with Gasteiger partial charge in [0.2, 0.25) is 0 Å². The normalized spacial score (nSPS) is 19.5. The van der Waals surface area contributed by atoms with Crippen molar-refractivity contribution in [2.75, 3.05) is 33.2 Å². The SMILES string of the molecule is CC(C)=CC=CN1CCN(C)CC1. The maximum absolute atomic E-state index is 2.37. The van der Waals surface area contributed by atoms with Crippen LogP contribution in [0.15, 0.2) is 23.9 Å². The van der Waals surface area contributed by atoms with Crippen molar-refractivity contribution < 1.29 is 0 Å². The zero-order chi connectivity index (χ0) is 9.68. The predicted molar refractivity (Wildman–Crippen MR) is 57.6 cm³/mol. The van der Waals surface area contributed by atoms with Crippen molar-refractivity contribution in [1.82, 2.24) is 9.80 Å². The van der Waals surface area contributed by atoms with E-state index in [-0.39, 0.29) is 0 Å². The molecule has 0 aromatic heterocycles. The highest BCUT2D eigenvalue weighted by atomic mass is 15.2. The summed E-state index contributed by atoms with van der Waals surface area (Å²) in [6.07, 6.45) is 6.49. The number of nitrogens with zero attached hydrogens (tertiary/aromatic N) is 2. The minimum Gasteiger partial charge on any atom is -0.375 e. The third kappa shape index (κ3) is 4.13. The Morgan fingerprint density at radius 2 is 1.69 bits per heavy atom. The van der Waals surface area contributed by atoms with Crippen LogP contribution in [0, 0.1) is 0 Å². The second kappa shape index (κ2) is 5.07. The summed E-state index contributed by atoms with van der Waals surface area (Å²) in [6, 6.07) is 0. The molecule has 0 spiro atoms. The van der Waals surface area contributed by atoms with E-state index >= 15 is 0 Å². The topological polar surface area (TPSA) is 6.48 Å². The van der Waals surface area contributed by atoms with Crippen molar-refractivity contribution in [2.45, 2.75) is 13.8 Å². The summed E-state index contributed by atoms with van der Waals surface area (Å²) < 4.78 is 0. The molecule has 0 aliphatic carbocycles. The van der Waals surface area contributed by atoms with Gasteiger partial charge in [0.05, 0.1) is 0 Å². The highest BCUT2D eigenvalue weighted by molar-refractivity contribution is 5.08. The second-order valence-corrected chi connectivity index (χ2v) is 3.92. The van der Waals surface area contributed by atoms with Crippen molar-refractivity contribution in [3.63, 3.8) is 0 Å². The van der Waals surface area contributed by atoms with Gasteiger partial charge in [-0.1, -0.05) is 11.6 Å². The van der Waals surface area contributed by atoms with E-state index < -0.39 is 0 Å². The molecule has 1 rings (SSSR count). The van der Waals surface area contributed by atoms with Gasteiger partial charge >= 0.3 is 0 Å². The largest absolute Gasteiger partial charge is 0.375 e. The van der Waals surface area contributed by atoms with Crippen LogP contribution in [-0.2, 0) is 0 Å². The average Bonchev–Trinajstić information content (AvgIpc) is 2.08. The van der Waals surface area contributed by atoms with Gasteiger partial charge in [0, 0.05) is 26.2 Å². The third-order valence-electron chi connectivity index (χ3n) is 2.26. The Bertz CT molecular complexity index is 194. The summed E-state index contributed by atoms with van der Waals surface area (Å²) in [7, 11) is 2.18. The zero-order valence-corrected chi connectivity index (χ0v) is 8.95. The first-order valence-electron chi connectivity index (χ1n) is 4.93. The lowest BCUT2D eigenvalue weighted by atomic mass is 10.3. The van der Waals surface area contributed by atoms with Crippen LogP contribution in [0.1, 0.15) is 13.8 Å². The van der Waals surface area contributed by atoms with Crippen LogP contribution in [0.5, 0.6) is 0 Å². The van der Waals surface area contributed by atoms with Crippen molar-refractivity contribution in [1.29, 1.82) is 0 Å². The Labute approximate surface area is 81.5 Å². The van der Waals surface area contributed by atoms with E-state index in [1.165, 1.54) is 18.7 Å². The molecule has 1 aliphatic heterocycles. The standard InChI is InChI=1S/C11H20N2/c1-11(2)5-4-6-13-9-7-12(3)8-10-13/h4-6H,7-10H2,1-3H3. The maximum Gasteiger partial charge on any atom is 0.0300 e. The van der Waals surface area contributed by atoms with Crippen LogP contribution in [0.2, 0.25) is 0 Å². The molecule has 0 N–H and O–H groups in total. The molecule has 0 radical (unpaired) electrons. The van der Waals surface area contributed by atoms with E-state index in [0.29, 0.717) is 0 Å². The van der Waals surface area contributed by atoms with E-state index in [1.807, 2.05) is 0 Å². The Hall–Kier alpha value is -0.760. The molecule has 13 heavy (non-hydrogen) atoms. The quantitative estimate of drug-likeness (QED) is 0.597. The number of hydrogen-bond acceptors (Lipinski definition) is 2. The van der Waals surface area contributed by atoms with Crippen LogP contribution in [0.3, 0.4) is 0 Å². The Kier molecular flexibility index (Phi) is 4.03. The number of piperazine rings is 1. The minimum absolute atomic E-state index is 1.16. The summed E-state index contributed by atoms with van der Waals surface area (Å²) in [4.78, 5) is 4.74. The van der Waals surface area contributed by atoms with Crippen molar-refractivity contribution >= 4 is 0 Å². The van der Waals surface area contributed by atoms with Crippen LogP contribution in [-0.4, -0.2) is 43.0 Å². The molecule has 74 valence electrons. The lowest BCUT2D eigenvalue weighted by Gasteiger charge is -2.31. The van der Waals surface area contributed by atoms with Gasteiger partial charge in [-0.25, -0.2) is 0 Å². The number of likely N-dealkylation sites (N-methyl/N-ethyl adjacent to an activating group) is 1. The first-order valence-corrected chi connectivity index (χ1v) is 4.93. The Balaban J connectivity index is 2.30. The molecule has 1 saturated heterocycles. The van der Waals surface area contributed by atoms with Gasteiger partial charge in [0.25, 0.3) is 0 Å². The molecule has 2 heteroatoms. The molecule has 0 aromatic carbocycles. The van der Waals surface area contributed by atoms with Gasteiger partial charge < -0.3 is 9.80 Å². The smallest absolute Gasteiger partial charge is 0.0300 e. The lowest BCUT2D eigenvalue weighted by molar-refractivity contribution is 0.198. The fourth-order valence-corrected chi connectivity index (χ4v) is 1.33. The van der Waals surface area contributed by atoms with E-state index in [0.717, 1.165) is 13.1 Å². The van der Waals surface area contributed by atoms with E-state index in [1.54, 1.807) is 0 Å². The summed E-state index contributed by atoms with van der Waals surface area (Å²) >= 11 is 0. The molecule has 1 heterocycles. The van der Waals surface area contributed by atoms with Gasteiger partial charge in [0.15, 0.2) is 0 Å². The van der Waals surface area contributed by atoms with E-state index in [4.69, 9.17) is 0 Å². The minimum atomic E-state index is 1.16. The molecule has 0 saturated carbocycles. The molecule has 2 nitrogen and oxygen atoms in total. The average molecular weight is 180 g/mol. The summed E-state index contributed by atoms with van der Waals surface area (Å²) in [6.45, 7) is 8.91. The fraction of sp³-hybridized carbons (Fsp3) is 0.636.